The van der Waals surface area contributed by atoms with Gasteiger partial charge in [-0.2, -0.15) is 0 Å². The number of hydrogen-bond donors (Lipinski definition) is 0. The summed E-state index contributed by atoms with van der Waals surface area (Å²) in [5.41, 5.74) is 0. The van der Waals surface area contributed by atoms with Crippen LogP contribution in [0, 0.1) is 5.92 Å². The summed E-state index contributed by atoms with van der Waals surface area (Å²) in [5, 5.41) is 0. The Morgan fingerprint density at radius 3 is 1.04 bits per heavy atom. The van der Waals surface area contributed by atoms with Crippen molar-refractivity contribution in [3.63, 3.8) is 0 Å². The van der Waals surface area contributed by atoms with Crippen LogP contribution in [0.4, 0.5) is 0 Å². The van der Waals surface area contributed by atoms with Gasteiger partial charge in [0.15, 0.2) is 6.10 Å². The number of hydrogen-bond acceptors (Lipinski definition) is 6. The molecule has 1 atom stereocenters. The largest absolute Gasteiger partial charge is 0.462 e. The summed E-state index contributed by atoms with van der Waals surface area (Å²) in [6.45, 7) is 8.82. The molecule has 0 heterocycles. The van der Waals surface area contributed by atoms with Gasteiger partial charge in [-0.25, -0.2) is 0 Å². The molecule has 0 N–H and O–H groups in total. The topological polar surface area (TPSA) is 78.9 Å². The Hall–Kier alpha value is -1.59. The van der Waals surface area contributed by atoms with E-state index in [0.29, 0.717) is 19.3 Å². The van der Waals surface area contributed by atoms with E-state index in [-0.39, 0.29) is 31.1 Å². The predicted octanol–water partition coefficient (Wildman–Crippen LogP) is 12.4. The third kappa shape index (κ3) is 35.5. The van der Waals surface area contributed by atoms with Gasteiger partial charge < -0.3 is 14.2 Å². The summed E-state index contributed by atoms with van der Waals surface area (Å²) >= 11 is 0. The molecule has 0 radical (unpaired) electrons. The molecule has 6 heteroatoms. The minimum absolute atomic E-state index is 0.0667. The van der Waals surface area contributed by atoms with Crippen LogP contribution >= 0.6 is 0 Å². The van der Waals surface area contributed by atoms with Crippen LogP contribution < -0.4 is 0 Å². The molecule has 0 aromatic carbocycles. The number of carbonyl (C=O) groups excluding carboxylic acids is 3. The van der Waals surface area contributed by atoms with E-state index >= 15 is 0 Å². The molecule has 0 saturated heterocycles. The average molecular weight is 667 g/mol. The maximum absolute atomic E-state index is 12.5. The quantitative estimate of drug-likeness (QED) is 0.0376. The lowest BCUT2D eigenvalue weighted by molar-refractivity contribution is -0.167. The zero-order valence-electron chi connectivity index (χ0n) is 31.7. The van der Waals surface area contributed by atoms with Crippen LogP contribution in [0.2, 0.25) is 0 Å². The fraction of sp³-hybridized carbons (Fsp3) is 0.927. The van der Waals surface area contributed by atoms with Crippen LogP contribution in [0.15, 0.2) is 0 Å². The van der Waals surface area contributed by atoms with Gasteiger partial charge in [-0.05, 0) is 25.2 Å². The predicted molar refractivity (Wildman–Crippen MR) is 196 cm³/mol. The number of unbranched alkanes of at least 4 members (excludes halogenated alkanes) is 23. The van der Waals surface area contributed by atoms with Crippen molar-refractivity contribution in [2.24, 2.45) is 5.92 Å². The van der Waals surface area contributed by atoms with Crippen LogP contribution in [-0.4, -0.2) is 37.2 Å². The molecule has 0 aromatic rings. The van der Waals surface area contributed by atoms with Crippen LogP contribution in [-0.2, 0) is 28.6 Å². The highest BCUT2D eigenvalue weighted by Gasteiger charge is 2.19. The zero-order chi connectivity index (χ0) is 34.6. The van der Waals surface area contributed by atoms with Gasteiger partial charge in [-0.1, -0.05) is 182 Å². The van der Waals surface area contributed by atoms with Crippen molar-refractivity contribution in [1.82, 2.24) is 0 Å². The van der Waals surface area contributed by atoms with Gasteiger partial charge >= 0.3 is 17.9 Å². The number of rotatable bonds is 36. The van der Waals surface area contributed by atoms with Crippen molar-refractivity contribution in [1.29, 1.82) is 0 Å². The molecule has 0 aromatic heterocycles. The van der Waals surface area contributed by atoms with Crippen molar-refractivity contribution in [3.8, 4) is 0 Å². The molecule has 47 heavy (non-hydrogen) atoms. The molecule has 0 fully saturated rings. The van der Waals surface area contributed by atoms with E-state index < -0.39 is 6.10 Å². The normalized spacial score (nSPS) is 11.9. The Bertz CT molecular complexity index is 706. The maximum Gasteiger partial charge on any atom is 0.306 e. The second kappa shape index (κ2) is 35.7. The van der Waals surface area contributed by atoms with Gasteiger partial charge in [-0.15, -0.1) is 0 Å². The first-order chi connectivity index (χ1) is 22.9. The van der Waals surface area contributed by atoms with E-state index in [0.717, 1.165) is 70.1 Å². The fourth-order valence-corrected chi connectivity index (χ4v) is 5.92. The van der Waals surface area contributed by atoms with Crippen molar-refractivity contribution < 1.29 is 28.6 Å². The van der Waals surface area contributed by atoms with Crippen molar-refractivity contribution in [2.45, 2.75) is 226 Å². The van der Waals surface area contributed by atoms with E-state index in [4.69, 9.17) is 14.2 Å². The second-order valence-electron chi connectivity index (χ2n) is 14.4. The lowest BCUT2D eigenvalue weighted by Gasteiger charge is -2.18. The molecular formula is C41H78O6. The summed E-state index contributed by atoms with van der Waals surface area (Å²) in [5.74, 6) is -0.117. The minimum Gasteiger partial charge on any atom is -0.462 e. The first kappa shape index (κ1) is 45.4. The SMILES string of the molecule is CCCCCCCCCCCCCCCCCC(=O)OC[C@H](COC(=O)CCCCCCCCC(C)C)OC(=O)CCCCCCC. The van der Waals surface area contributed by atoms with E-state index in [9.17, 15) is 14.4 Å². The molecule has 0 aliphatic rings. The summed E-state index contributed by atoms with van der Waals surface area (Å²) in [4.78, 5) is 37.2. The Labute approximate surface area is 291 Å². The highest BCUT2D eigenvalue weighted by atomic mass is 16.6. The molecule has 0 spiro atoms. The van der Waals surface area contributed by atoms with E-state index in [1.807, 2.05) is 0 Å². The molecule has 0 bridgehead atoms. The number of carbonyl (C=O) groups is 3. The second-order valence-corrected chi connectivity index (χ2v) is 14.4. The minimum atomic E-state index is -0.756. The third-order valence-corrected chi connectivity index (χ3v) is 9.04. The number of ether oxygens (including phenoxy) is 3. The van der Waals surface area contributed by atoms with Gasteiger partial charge in [0.1, 0.15) is 13.2 Å². The van der Waals surface area contributed by atoms with E-state index in [1.165, 1.54) is 109 Å². The Morgan fingerprint density at radius 1 is 0.404 bits per heavy atom. The molecule has 0 aliphatic carbocycles. The van der Waals surface area contributed by atoms with Gasteiger partial charge in [0, 0.05) is 19.3 Å². The average Bonchev–Trinajstić information content (AvgIpc) is 3.05. The van der Waals surface area contributed by atoms with Gasteiger partial charge in [-0.3, -0.25) is 14.4 Å². The third-order valence-electron chi connectivity index (χ3n) is 9.04. The molecule has 0 rings (SSSR count). The molecule has 0 amide bonds. The lowest BCUT2D eigenvalue weighted by atomic mass is 10.0. The van der Waals surface area contributed by atoms with E-state index in [1.54, 1.807) is 0 Å². The van der Waals surface area contributed by atoms with Crippen LogP contribution in [0.3, 0.4) is 0 Å². The highest BCUT2D eigenvalue weighted by molar-refractivity contribution is 5.71. The van der Waals surface area contributed by atoms with Crippen LogP contribution in [0.5, 0.6) is 0 Å². The highest BCUT2D eigenvalue weighted by Crippen LogP contribution is 2.15. The maximum atomic E-state index is 12.5. The molecule has 278 valence electrons. The molecule has 6 nitrogen and oxygen atoms in total. The molecular weight excluding hydrogens is 588 g/mol. The first-order valence-corrected chi connectivity index (χ1v) is 20.4. The van der Waals surface area contributed by atoms with Gasteiger partial charge in [0.25, 0.3) is 0 Å². The fourth-order valence-electron chi connectivity index (χ4n) is 5.92. The van der Waals surface area contributed by atoms with Gasteiger partial charge in [0.2, 0.25) is 0 Å². The lowest BCUT2D eigenvalue weighted by Crippen LogP contribution is -2.30. The summed E-state index contributed by atoms with van der Waals surface area (Å²) < 4.78 is 16.5. The summed E-state index contributed by atoms with van der Waals surface area (Å²) in [6, 6.07) is 0. The standard InChI is InChI=1S/C41H78O6/c1-5-7-9-11-12-13-14-15-16-17-18-19-20-25-28-32-39(42)45-35-38(47-41(44)34-30-23-10-8-6-2)36-46-40(43)33-29-26-22-21-24-27-31-37(3)4/h37-38H,5-36H2,1-4H3/t38-/m1/s1. The zero-order valence-corrected chi connectivity index (χ0v) is 31.7. The van der Waals surface area contributed by atoms with Gasteiger partial charge in [0.05, 0.1) is 0 Å². The van der Waals surface area contributed by atoms with Crippen molar-refractivity contribution in [2.75, 3.05) is 13.2 Å². The monoisotopic (exact) mass is 667 g/mol. The van der Waals surface area contributed by atoms with Crippen molar-refractivity contribution >= 4 is 17.9 Å². The van der Waals surface area contributed by atoms with Crippen LogP contribution in [0.1, 0.15) is 220 Å². The Kier molecular flexibility index (Phi) is 34.5. The van der Waals surface area contributed by atoms with Crippen LogP contribution in [0.25, 0.3) is 0 Å². The number of esters is 3. The van der Waals surface area contributed by atoms with Crippen molar-refractivity contribution in [3.05, 3.63) is 0 Å². The first-order valence-electron chi connectivity index (χ1n) is 20.4. The summed E-state index contributed by atoms with van der Waals surface area (Å²) in [7, 11) is 0. The summed E-state index contributed by atoms with van der Waals surface area (Å²) in [6.07, 6.45) is 32.7. The molecule has 0 saturated carbocycles. The molecule has 0 aliphatic heterocycles. The van der Waals surface area contributed by atoms with E-state index in [2.05, 4.69) is 27.7 Å². The smallest absolute Gasteiger partial charge is 0.306 e. The Balaban J connectivity index is 4.16. The molecule has 0 unspecified atom stereocenters. The Morgan fingerprint density at radius 2 is 0.702 bits per heavy atom.